The van der Waals surface area contributed by atoms with Crippen LogP contribution >= 0.6 is 27.3 Å². The van der Waals surface area contributed by atoms with Crippen LogP contribution in [0.2, 0.25) is 0 Å². The van der Waals surface area contributed by atoms with E-state index in [0.717, 1.165) is 10.2 Å². The highest BCUT2D eigenvalue weighted by Crippen LogP contribution is 2.21. The fourth-order valence-electron chi connectivity index (χ4n) is 1.34. The van der Waals surface area contributed by atoms with E-state index in [1.165, 1.54) is 4.88 Å². The molecule has 0 fully saturated rings. The van der Waals surface area contributed by atoms with Crippen LogP contribution in [0, 0.1) is 5.92 Å². The third-order valence-corrected chi connectivity index (χ3v) is 4.47. The number of hydrogen-bond acceptors (Lipinski definition) is 3. The van der Waals surface area contributed by atoms with Crippen LogP contribution in [0.15, 0.2) is 15.9 Å². The van der Waals surface area contributed by atoms with Crippen LogP contribution in [0.1, 0.15) is 18.7 Å². The Bertz CT molecular complexity index is 384. The van der Waals surface area contributed by atoms with E-state index in [0.29, 0.717) is 6.54 Å². The second kappa shape index (κ2) is 7.76. The molecule has 0 spiro atoms. The van der Waals surface area contributed by atoms with Gasteiger partial charge in [-0.1, -0.05) is 6.92 Å². The number of hydrogen-bond donors (Lipinski definition) is 3. The number of rotatable bonds is 6. The van der Waals surface area contributed by atoms with E-state index < -0.39 is 0 Å². The van der Waals surface area contributed by atoms with Gasteiger partial charge in [-0.25, -0.2) is 4.79 Å². The highest BCUT2D eigenvalue weighted by atomic mass is 79.9. The lowest BCUT2D eigenvalue weighted by Gasteiger charge is -2.19. The van der Waals surface area contributed by atoms with Gasteiger partial charge in [0, 0.05) is 24.1 Å². The summed E-state index contributed by atoms with van der Waals surface area (Å²) in [6, 6.07) is 3.83. The molecular weight excluding hydrogens is 316 g/mol. The first-order valence-electron chi connectivity index (χ1n) is 5.92. The van der Waals surface area contributed by atoms with Crippen molar-refractivity contribution in [2.45, 2.75) is 26.3 Å². The number of urea groups is 1. The van der Waals surface area contributed by atoms with Crippen molar-refractivity contribution in [1.82, 2.24) is 10.6 Å². The second-order valence-corrected chi connectivity index (χ2v) is 6.85. The molecule has 0 aliphatic rings. The van der Waals surface area contributed by atoms with Crippen molar-refractivity contribution in [3.05, 3.63) is 20.8 Å². The van der Waals surface area contributed by atoms with E-state index >= 15 is 0 Å². The third kappa shape index (κ3) is 5.37. The molecule has 0 bridgehead atoms. The van der Waals surface area contributed by atoms with Gasteiger partial charge in [0.15, 0.2) is 0 Å². The van der Waals surface area contributed by atoms with Gasteiger partial charge < -0.3 is 15.7 Å². The van der Waals surface area contributed by atoms with E-state index in [4.69, 9.17) is 5.11 Å². The monoisotopic (exact) mass is 334 g/mol. The highest BCUT2D eigenvalue weighted by molar-refractivity contribution is 9.11. The summed E-state index contributed by atoms with van der Waals surface area (Å²) < 4.78 is 1.10. The molecule has 0 radical (unpaired) electrons. The van der Waals surface area contributed by atoms with Gasteiger partial charge in [-0.05, 0) is 47.3 Å². The topological polar surface area (TPSA) is 61.4 Å². The minimum Gasteiger partial charge on any atom is -0.396 e. The Labute approximate surface area is 120 Å². The van der Waals surface area contributed by atoms with Crippen LogP contribution in [-0.4, -0.2) is 30.3 Å². The second-order valence-electron chi connectivity index (χ2n) is 4.30. The number of aliphatic hydroxyl groups excluding tert-OH is 1. The van der Waals surface area contributed by atoms with Gasteiger partial charge in [-0.2, -0.15) is 0 Å². The number of nitrogens with one attached hydrogen (secondary N) is 2. The van der Waals surface area contributed by atoms with Crippen molar-refractivity contribution < 1.29 is 9.90 Å². The highest BCUT2D eigenvalue weighted by Gasteiger charge is 2.13. The summed E-state index contributed by atoms with van der Waals surface area (Å²) in [6.45, 7) is 4.47. The van der Waals surface area contributed by atoms with E-state index in [1.807, 2.05) is 26.0 Å². The lowest BCUT2D eigenvalue weighted by atomic mass is 10.1. The normalized spacial score (nSPS) is 14.0. The molecule has 0 aromatic carbocycles. The van der Waals surface area contributed by atoms with Crippen LogP contribution in [-0.2, 0) is 6.42 Å². The molecule has 102 valence electrons. The Morgan fingerprint density at radius 2 is 2.22 bits per heavy atom. The van der Waals surface area contributed by atoms with Crippen LogP contribution in [0.3, 0.4) is 0 Å². The molecule has 2 unspecified atom stereocenters. The third-order valence-electron chi connectivity index (χ3n) is 2.79. The summed E-state index contributed by atoms with van der Waals surface area (Å²) >= 11 is 5.08. The summed E-state index contributed by atoms with van der Waals surface area (Å²) in [5, 5.41) is 14.6. The van der Waals surface area contributed by atoms with E-state index in [2.05, 4.69) is 26.6 Å². The number of thiophene rings is 1. The maximum atomic E-state index is 11.6. The Morgan fingerprint density at radius 1 is 1.50 bits per heavy atom. The standard InChI is InChI=1S/C12H19BrN2O2S/c1-8(7-16)9(2)15-12(17)14-6-5-10-3-4-11(13)18-10/h3-4,8-9,16H,5-7H2,1-2H3,(H2,14,15,17). The van der Waals surface area contributed by atoms with Crippen molar-refractivity contribution in [2.24, 2.45) is 5.92 Å². The SMILES string of the molecule is CC(CO)C(C)NC(=O)NCCc1ccc(Br)s1. The summed E-state index contributed by atoms with van der Waals surface area (Å²) in [5.74, 6) is 0.0593. The van der Waals surface area contributed by atoms with Gasteiger partial charge in [0.25, 0.3) is 0 Å². The van der Waals surface area contributed by atoms with Crippen LogP contribution < -0.4 is 10.6 Å². The molecule has 2 amide bonds. The predicted octanol–water partition coefficient (Wildman–Crippen LogP) is 2.37. The molecule has 0 aliphatic heterocycles. The van der Waals surface area contributed by atoms with E-state index in [-0.39, 0.29) is 24.6 Å². The fourth-order valence-corrected chi connectivity index (χ4v) is 2.83. The summed E-state index contributed by atoms with van der Waals surface area (Å²) in [5.41, 5.74) is 0. The number of amides is 2. The Kier molecular flexibility index (Phi) is 6.67. The zero-order chi connectivity index (χ0) is 13.5. The van der Waals surface area contributed by atoms with Crippen LogP contribution in [0.4, 0.5) is 4.79 Å². The molecule has 0 aliphatic carbocycles. The smallest absolute Gasteiger partial charge is 0.315 e. The van der Waals surface area contributed by atoms with Gasteiger partial charge in [0.2, 0.25) is 0 Å². The van der Waals surface area contributed by atoms with Gasteiger partial charge >= 0.3 is 6.03 Å². The van der Waals surface area contributed by atoms with Gasteiger partial charge in [-0.3, -0.25) is 0 Å². The number of aliphatic hydroxyl groups is 1. The molecule has 4 nitrogen and oxygen atoms in total. The Balaban J connectivity index is 2.21. The number of carbonyl (C=O) groups is 1. The molecule has 0 saturated carbocycles. The first-order valence-corrected chi connectivity index (χ1v) is 7.53. The van der Waals surface area contributed by atoms with Crippen molar-refractivity contribution in [3.8, 4) is 0 Å². The van der Waals surface area contributed by atoms with E-state index in [9.17, 15) is 4.79 Å². The van der Waals surface area contributed by atoms with E-state index in [1.54, 1.807) is 11.3 Å². The first kappa shape index (κ1) is 15.5. The van der Waals surface area contributed by atoms with Crippen molar-refractivity contribution >= 4 is 33.3 Å². The number of carbonyl (C=O) groups excluding carboxylic acids is 1. The Hall–Kier alpha value is -0.590. The average Bonchev–Trinajstić information content (AvgIpc) is 2.73. The molecule has 2 atom stereocenters. The zero-order valence-corrected chi connectivity index (χ0v) is 13.0. The predicted molar refractivity (Wildman–Crippen MR) is 78.0 cm³/mol. The summed E-state index contributed by atoms with van der Waals surface area (Å²) in [6.07, 6.45) is 0.827. The lowest BCUT2D eigenvalue weighted by Crippen LogP contribution is -2.44. The molecule has 1 aromatic heterocycles. The maximum absolute atomic E-state index is 11.6. The Morgan fingerprint density at radius 3 is 2.78 bits per heavy atom. The summed E-state index contributed by atoms with van der Waals surface area (Å²) in [4.78, 5) is 12.8. The molecular formula is C12H19BrN2O2S. The molecule has 18 heavy (non-hydrogen) atoms. The van der Waals surface area contributed by atoms with Gasteiger partial charge in [0.1, 0.15) is 0 Å². The molecule has 1 aromatic rings. The molecule has 0 saturated heterocycles. The van der Waals surface area contributed by atoms with Crippen molar-refractivity contribution in [3.63, 3.8) is 0 Å². The average molecular weight is 335 g/mol. The minimum absolute atomic E-state index is 0.0362. The maximum Gasteiger partial charge on any atom is 0.315 e. The molecule has 6 heteroatoms. The van der Waals surface area contributed by atoms with Crippen LogP contribution in [0.25, 0.3) is 0 Å². The van der Waals surface area contributed by atoms with Gasteiger partial charge in [0.05, 0.1) is 3.79 Å². The summed E-state index contributed by atoms with van der Waals surface area (Å²) in [7, 11) is 0. The first-order chi connectivity index (χ1) is 8.52. The largest absolute Gasteiger partial charge is 0.396 e. The minimum atomic E-state index is -0.182. The fraction of sp³-hybridized carbons (Fsp3) is 0.583. The zero-order valence-electron chi connectivity index (χ0n) is 10.6. The van der Waals surface area contributed by atoms with Crippen LogP contribution in [0.5, 0.6) is 0 Å². The van der Waals surface area contributed by atoms with Crippen molar-refractivity contribution in [1.29, 1.82) is 0 Å². The molecule has 1 heterocycles. The lowest BCUT2D eigenvalue weighted by molar-refractivity contribution is 0.200. The van der Waals surface area contributed by atoms with Gasteiger partial charge in [-0.15, -0.1) is 11.3 Å². The molecule has 1 rings (SSSR count). The molecule has 3 N–H and O–H groups in total. The quantitative estimate of drug-likeness (QED) is 0.747. The van der Waals surface area contributed by atoms with Crippen molar-refractivity contribution in [2.75, 3.05) is 13.2 Å². The number of halogens is 1.